The predicted octanol–water partition coefficient (Wildman–Crippen LogP) is 5.34. The highest BCUT2D eigenvalue weighted by molar-refractivity contribution is 7.66. The van der Waals surface area contributed by atoms with Gasteiger partial charge in [-0.1, -0.05) is 23.7 Å². The number of aromatic nitrogens is 2. The normalized spacial score (nSPS) is 16.1. The Hall–Kier alpha value is -4.28. The standard InChI is InChI=1S/C42H51N5O6P2/c1-7-52-54(5,48)41-29-35(11-9-33-13-17-39(50-3)18-14-33)27-37(44-41)31-46-23-21-43-22-24-47(26-25-46)32-38-28-36(30-42(45-38)55(6,49)53-8-2)12-10-34-15-19-40(51-4)20-16-34/h13-20,27-30,43H,7-8,21-26,31-32H2,1-6H3. The summed E-state index contributed by atoms with van der Waals surface area (Å²) in [6.07, 6.45) is 0. The van der Waals surface area contributed by atoms with Crippen molar-refractivity contribution in [1.29, 1.82) is 0 Å². The minimum atomic E-state index is -3.17. The zero-order chi connectivity index (χ0) is 39.3. The second-order valence-electron chi connectivity index (χ2n) is 13.2. The smallest absolute Gasteiger partial charge is 0.247 e. The largest absolute Gasteiger partial charge is 0.497 e. The molecule has 13 heteroatoms. The Morgan fingerprint density at radius 1 is 0.600 bits per heavy atom. The van der Waals surface area contributed by atoms with Crippen molar-refractivity contribution in [2.45, 2.75) is 26.9 Å². The summed E-state index contributed by atoms with van der Waals surface area (Å²) in [5, 5.41) is 3.56. The number of ether oxygens (including phenoxy) is 2. The lowest BCUT2D eigenvalue weighted by Crippen LogP contribution is -2.36. The Kier molecular flexibility index (Phi) is 15.3. The lowest BCUT2D eigenvalue weighted by Gasteiger charge is -2.26. The summed E-state index contributed by atoms with van der Waals surface area (Å²) in [6, 6.07) is 22.6. The minimum Gasteiger partial charge on any atom is -0.497 e. The van der Waals surface area contributed by atoms with Gasteiger partial charge in [0.05, 0.1) is 38.8 Å². The third-order valence-corrected chi connectivity index (χ3v) is 12.5. The molecule has 1 N–H and O–H groups in total. The summed E-state index contributed by atoms with van der Waals surface area (Å²) in [6.45, 7) is 13.3. The van der Waals surface area contributed by atoms with E-state index in [2.05, 4.69) is 38.8 Å². The Bertz CT molecular complexity index is 1970. The molecule has 2 aromatic carbocycles. The fourth-order valence-electron chi connectivity index (χ4n) is 6.01. The first kappa shape index (κ1) is 41.9. The van der Waals surface area contributed by atoms with Crippen LogP contribution >= 0.6 is 14.7 Å². The van der Waals surface area contributed by atoms with Crippen molar-refractivity contribution in [2.75, 3.05) is 80.0 Å². The van der Waals surface area contributed by atoms with E-state index >= 15 is 0 Å². The van der Waals surface area contributed by atoms with Gasteiger partial charge >= 0.3 is 0 Å². The van der Waals surface area contributed by atoms with E-state index < -0.39 is 14.7 Å². The van der Waals surface area contributed by atoms with Crippen molar-refractivity contribution >= 4 is 25.6 Å². The lowest BCUT2D eigenvalue weighted by atomic mass is 10.1. The fourth-order valence-corrected chi connectivity index (χ4v) is 8.63. The molecule has 0 amide bonds. The number of benzene rings is 2. The number of hydrogen-bond donors (Lipinski definition) is 1. The first-order valence-electron chi connectivity index (χ1n) is 18.4. The molecule has 4 aromatic rings. The molecule has 0 aliphatic carbocycles. The Balaban J connectivity index is 1.37. The summed E-state index contributed by atoms with van der Waals surface area (Å²) in [7, 11) is -3.07. The average Bonchev–Trinajstić information content (AvgIpc) is 3.28. The molecular weight excluding hydrogens is 732 g/mol. The second-order valence-corrected chi connectivity index (χ2v) is 18.0. The van der Waals surface area contributed by atoms with Crippen molar-refractivity contribution in [3.8, 4) is 35.2 Å². The van der Waals surface area contributed by atoms with Crippen LogP contribution in [0.3, 0.4) is 0 Å². The molecule has 2 aromatic heterocycles. The molecule has 3 heterocycles. The van der Waals surface area contributed by atoms with Crippen LogP contribution in [0.15, 0.2) is 72.8 Å². The van der Waals surface area contributed by atoms with Crippen LogP contribution in [0, 0.1) is 23.7 Å². The zero-order valence-electron chi connectivity index (χ0n) is 32.6. The molecule has 1 fully saturated rings. The van der Waals surface area contributed by atoms with Crippen molar-refractivity contribution in [1.82, 2.24) is 25.1 Å². The molecule has 2 atom stereocenters. The molecule has 0 radical (unpaired) electrons. The molecule has 5 rings (SSSR count). The maximum absolute atomic E-state index is 13.6. The third-order valence-electron chi connectivity index (χ3n) is 8.91. The summed E-state index contributed by atoms with van der Waals surface area (Å²) in [5.41, 5.74) is 5.48. The first-order chi connectivity index (χ1) is 26.5. The number of methoxy groups -OCH3 is 2. The highest BCUT2D eigenvalue weighted by atomic mass is 31.2. The molecule has 0 bridgehead atoms. The number of nitrogens with zero attached hydrogens (tertiary/aromatic N) is 4. The van der Waals surface area contributed by atoms with E-state index in [4.69, 9.17) is 28.5 Å². The number of rotatable bonds is 12. The van der Waals surface area contributed by atoms with Crippen molar-refractivity contribution < 1.29 is 27.7 Å². The first-order valence-corrected chi connectivity index (χ1v) is 22.6. The molecule has 11 nitrogen and oxygen atoms in total. The second kappa shape index (κ2) is 20.1. The van der Waals surface area contributed by atoms with E-state index in [-0.39, 0.29) is 0 Å². The van der Waals surface area contributed by atoms with Gasteiger partial charge in [0.15, 0.2) is 0 Å². The molecule has 0 spiro atoms. The molecular formula is C42H51N5O6P2. The molecule has 0 saturated carbocycles. The van der Waals surface area contributed by atoms with Gasteiger partial charge in [-0.25, -0.2) is 9.97 Å². The van der Waals surface area contributed by atoms with Gasteiger partial charge in [-0.15, -0.1) is 0 Å². The van der Waals surface area contributed by atoms with Crippen LogP contribution in [0.5, 0.6) is 11.5 Å². The van der Waals surface area contributed by atoms with E-state index in [1.54, 1.807) is 39.7 Å². The van der Waals surface area contributed by atoms with Crippen LogP contribution in [0.25, 0.3) is 0 Å². The van der Waals surface area contributed by atoms with Crippen LogP contribution in [0.2, 0.25) is 0 Å². The highest BCUT2D eigenvalue weighted by Gasteiger charge is 2.24. The van der Waals surface area contributed by atoms with E-state index in [9.17, 15) is 9.13 Å². The molecule has 2 unspecified atom stereocenters. The van der Waals surface area contributed by atoms with Crippen LogP contribution in [0.1, 0.15) is 47.5 Å². The van der Waals surface area contributed by atoms with Crippen molar-refractivity contribution in [3.63, 3.8) is 0 Å². The maximum Gasteiger partial charge on any atom is 0.247 e. The van der Waals surface area contributed by atoms with Gasteiger partial charge in [-0.2, -0.15) is 0 Å². The van der Waals surface area contributed by atoms with Crippen LogP contribution in [0.4, 0.5) is 0 Å². The van der Waals surface area contributed by atoms with E-state index in [0.29, 0.717) is 37.2 Å². The third kappa shape index (κ3) is 12.6. The molecule has 290 valence electrons. The van der Waals surface area contributed by atoms with E-state index in [1.807, 2.05) is 74.5 Å². The number of pyridine rings is 2. The van der Waals surface area contributed by atoms with Gasteiger partial charge < -0.3 is 23.8 Å². The Morgan fingerprint density at radius 3 is 1.35 bits per heavy atom. The molecule has 1 aliphatic rings. The molecule has 1 aliphatic heterocycles. The monoisotopic (exact) mass is 783 g/mol. The maximum atomic E-state index is 13.6. The van der Waals surface area contributed by atoms with Gasteiger partial charge in [0.2, 0.25) is 14.7 Å². The SMILES string of the molecule is CCOP(C)(=O)c1cc(C#Cc2ccc(OC)cc2)cc(CN2CCNCCN(Cc3cc(C#Cc4ccc(OC)cc4)cc(P(C)(=O)OCC)n3)CC2)n1. The van der Waals surface area contributed by atoms with Gasteiger partial charge in [-0.05, 0) is 86.6 Å². The fraction of sp³-hybridized carbons (Fsp3) is 0.381. The van der Waals surface area contributed by atoms with Crippen molar-refractivity contribution in [3.05, 3.63) is 106 Å². The van der Waals surface area contributed by atoms with E-state index in [1.165, 1.54) is 0 Å². The highest BCUT2D eigenvalue weighted by Crippen LogP contribution is 2.41. The van der Waals surface area contributed by atoms with Gasteiger partial charge in [0.1, 0.15) is 22.4 Å². The summed E-state index contributed by atoms with van der Waals surface area (Å²) in [5.74, 6) is 14.5. The summed E-state index contributed by atoms with van der Waals surface area (Å²) in [4.78, 5) is 14.4. The number of hydrogen-bond acceptors (Lipinski definition) is 11. The van der Waals surface area contributed by atoms with Gasteiger partial charge in [0, 0.05) is 87.9 Å². The topological polar surface area (TPSA) is 115 Å². The quantitative estimate of drug-likeness (QED) is 0.148. The predicted molar refractivity (Wildman–Crippen MR) is 219 cm³/mol. The molecule has 1 saturated heterocycles. The summed E-state index contributed by atoms with van der Waals surface area (Å²) >= 11 is 0. The summed E-state index contributed by atoms with van der Waals surface area (Å²) < 4.78 is 49.1. The van der Waals surface area contributed by atoms with Gasteiger partial charge in [0.25, 0.3) is 0 Å². The Labute approximate surface area is 326 Å². The number of nitrogens with one attached hydrogen (secondary N) is 1. The zero-order valence-corrected chi connectivity index (χ0v) is 34.4. The lowest BCUT2D eigenvalue weighted by molar-refractivity contribution is 0.207. The van der Waals surface area contributed by atoms with Crippen molar-refractivity contribution in [2.24, 2.45) is 0 Å². The van der Waals surface area contributed by atoms with E-state index in [0.717, 1.165) is 84.4 Å². The van der Waals surface area contributed by atoms with Crippen LogP contribution in [-0.2, 0) is 31.3 Å². The average molecular weight is 784 g/mol. The Morgan fingerprint density at radius 2 is 0.982 bits per heavy atom. The minimum absolute atomic E-state index is 0.316. The van der Waals surface area contributed by atoms with Crippen LogP contribution in [-0.4, -0.2) is 99.8 Å². The van der Waals surface area contributed by atoms with Gasteiger partial charge in [-0.3, -0.25) is 18.9 Å². The molecule has 55 heavy (non-hydrogen) atoms. The van der Waals surface area contributed by atoms with Crippen LogP contribution < -0.4 is 25.7 Å².